The first-order chi connectivity index (χ1) is 22.6. The third-order valence-electron chi connectivity index (χ3n) is 16.8. The van der Waals surface area contributed by atoms with Crippen molar-refractivity contribution in [2.75, 3.05) is 0 Å². The lowest BCUT2D eigenvalue weighted by Gasteiger charge is -2.71. The van der Waals surface area contributed by atoms with E-state index in [1.54, 1.807) is 0 Å². The molecule has 4 saturated carbocycles. The zero-order chi connectivity index (χ0) is 34.8. The minimum absolute atomic E-state index is 0.0312. The molecule has 0 aromatic heterocycles. The van der Waals surface area contributed by atoms with Gasteiger partial charge in [-0.15, -0.1) is 0 Å². The zero-order valence-electron chi connectivity index (χ0n) is 33.7. The highest BCUT2D eigenvalue weighted by atomic mass is 16.5. The summed E-state index contributed by atoms with van der Waals surface area (Å²) in [5.41, 5.74) is 3.87. The Morgan fingerprint density at radius 3 is 1.90 bits per heavy atom. The van der Waals surface area contributed by atoms with Gasteiger partial charge in [-0.05, 0) is 115 Å². The molecule has 0 spiro atoms. The number of unbranched alkanes of at least 4 members (excludes halogenated alkanes) is 12. The molecule has 5 rings (SSSR count). The summed E-state index contributed by atoms with van der Waals surface area (Å²) in [6.07, 6.45) is 34.0. The maximum Gasteiger partial charge on any atom is 0.306 e. The van der Waals surface area contributed by atoms with Gasteiger partial charge >= 0.3 is 5.97 Å². The Balaban J connectivity index is 1.12. The van der Waals surface area contributed by atoms with Crippen molar-refractivity contribution in [1.82, 2.24) is 0 Å². The van der Waals surface area contributed by atoms with E-state index in [-0.39, 0.29) is 17.5 Å². The first-order valence-electron chi connectivity index (χ1n) is 21.5. The van der Waals surface area contributed by atoms with E-state index in [9.17, 15) is 4.79 Å². The Morgan fingerprint density at radius 2 is 1.27 bits per heavy atom. The molecule has 2 heteroatoms. The summed E-state index contributed by atoms with van der Waals surface area (Å²) in [6.45, 7) is 23.0. The molecule has 0 N–H and O–H groups in total. The van der Waals surface area contributed by atoms with Crippen LogP contribution in [-0.2, 0) is 9.53 Å². The Hall–Kier alpha value is -0.790. The molecule has 0 bridgehead atoms. The molecule has 0 aliphatic heterocycles. The van der Waals surface area contributed by atoms with Crippen LogP contribution in [0.1, 0.15) is 216 Å². The van der Waals surface area contributed by atoms with Crippen LogP contribution >= 0.6 is 0 Å². The lowest BCUT2D eigenvalue weighted by molar-refractivity contribution is -0.212. The summed E-state index contributed by atoms with van der Waals surface area (Å²) in [7, 11) is 0. The topological polar surface area (TPSA) is 26.3 Å². The van der Waals surface area contributed by atoms with E-state index in [4.69, 9.17) is 4.74 Å². The molecule has 0 radical (unpaired) electrons. The van der Waals surface area contributed by atoms with Gasteiger partial charge in [0, 0.05) is 11.8 Å². The number of carbonyl (C=O) groups excluding carboxylic acids is 1. The summed E-state index contributed by atoms with van der Waals surface area (Å²) < 4.78 is 6.41. The van der Waals surface area contributed by atoms with E-state index in [2.05, 4.69) is 68.4 Å². The molecule has 0 saturated heterocycles. The third-order valence-corrected chi connectivity index (χ3v) is 16.8. The second-order valence-corrected chi connectivity index (χ2v) is 20.7. The summed E-state index contributed by atoms with van der Waals surface area (Å²) >= 11 is 0. The van der Waals surface area contributed by atoms with Gasteiger partial charge in [0.25, 0.3) is 0 Å². The van der Waals surface area contributed by atoms with E-state index in [0.717, 1.165) is 24.7 Å². The quantitative estimate of drug-likeness (QED) is 0.0989. The molecule has 8 atom stereocenters. The van der Waals surface area contributed by atoms with Crippen molar-refractivity contribution >= 4 is 5.97 Å². The molecule has 0 unspecified atom stereocenters. The van der Waals surface area contributed by atoms with Crippen molar-refractivity contribution in [3.05, 3.63) is 11.6 Å². The molecule has 0 heterocycles. The largest absolute Gasteiger partial charge is 0.462 e. The highest BCUT2D eigenvalue weighted by Gasteiger charge is 2.68. The maximum atomic E-state index is 13.2. The van der Waals surface area contributed by atoms with E-state index < -0.39 is 0 Å². The SMILES string of the molecule is CCCCCCCCCCCCCCCC(=O)O[C@H]1CC[C@@]2(C)[C@H](CC[C@]3(C)[C@H]2CC=C2[C@@H]4CC(C)(C)CC[C@]4(C)CC[C@]23C)C1(C)C. The maximum absolute atomic E-state index is 13.2. The fraction of sp³-hybridized carbons (Fsp3) is 0.935. The molecule has 5 aliphatic rings. The van der Waals surface area contributed by atoms with Crippen LogP contribution in [-0.4, -0.2) is 12.1 Å². The number of esters is 1. The fourth-order valence-electron chi connectivity index (χ4n) is 13.2. The fourth-order valence-corrected chi connectivity index (χ4v) is 13.2. The van der Waals surface area contributed by atoms with Gasteiger partial charge in [0.15, 0.2) is 0 Å². The van der Waals surface area contributed by atoms with Crippen LogP contribution in [0.15, 0.2) is 11.6 Å². The Labute approximate surface area is 299 Å². The van der Waals surface area contributed by atoms with Gasteiger partial charge in [-0.3, -0.25) is 4.79 Å². The predicted octanol–water partition coefficient (Wildman–Crippen LogP) is 14.2. The molecule has 48 heavy (non-hydrogen) atoms. The summed E-state index contributed by atoms with van der Waals surface area (Å²) in [5, 5.41) is 0. The standard InChI is InChI=1S/C46H80O2/c1-10-11-12-13-14-15-16-17-18-19-20-21-22-23-40(47)48-39-27-28-44(7)37(42(39,4)5)26-29-46(9)38(44)25-24-35-36-34-41(2,3)30-31-43(36,6)32-33-45(35,46)8/h24,36-39H,10-23,25-34H2,1-9H3/t36-,37+,38-,39-,43+,44-,45+,46+/m0/s1. The summed E-state index contributed by atoms with van der Waals surface area (Å²) in [6, 6.07) is 0. The van der Waals surface area contributed by atoms with E-state index in [0.29, 0.717) is 39.4 Å². The molecule has 0 amide bonds. The molecule has 0 aromatic carbocycles. The molecule has 5 aliphatic carbocycles. The number of ether oxygens (including phenoxy) is 1. The lowest BCUT2D eigenvalue weighted by atomic mass is 9.33. The summed E-state index contributed by atoms with van der Waals surface area (Å²) in [5.74, 6) is 2.18. The third kappa shape index (κ3) is 7.41. The molecular formula is C46H80O2. The van der Waals surface area contributed by atoms with E-state index in [1.807, 2.05) is 5.57 Å². The van der Waals surface area contributed by atoms with Gasteiger partial charge in [0.1, 0.15) is 6.10 Å². The van der Waals surface area contributed by atoms with Gasteiger partial charge < -0.3 is 4.74 Å². The number of fused-ring (bicyclic) bond motifs is 7. The number of hydrogen-bond acceptors (Lipinski definition) is 2. The number of allylic oxidation sites excluding steroid dienone is 2. The van der Waals surface area contributed by atoms with Crippen LogP contribution in [0.3, 0.4) is 0 Å². The van der Waals surface area contributed by atoms with Gasteiger partial charge in [-0.2, -0.15) is 0 Å². The predicted molar refractivity (Wildman–Crippen MR) is 205 cm³/mol. The van der Waals surface area contributed by atoms with Crippen LogP contribution < -0.4 is 0 Å². The number of carbonyl (C=O) groups is 1. The Kier molecular flexibility index (Phi) is 12.1. The van der Waals surface area contributed by atoms with Crippen molar-refractivity contribution in [3.8, 4) is 0 Å². The number of rotatable bonds is 15. The van der Waals surface area contributed by atoms with Crippen LogP contribution in [0.5, 0.6) is 0 Å². The summed E-state index contributed by atoms with van der Waals surface area (Å²) in [4.78, 5) is 13.2. The van der Waals surface area contributed by atoms with Gasteiger partial charge in [-0.25, -0.2) is 0 Å². The van der Waals surface area contributed by atoms with Crippen LogP contribution in [0.2, 0.25) is 0 Å². The highest BCUT2D eigenvalue weighted by Crippen LogP contribution is 2.75. The molecule has 2 nitrogen and oxygen atoms in total. The first kappa shape index (κ1) is 38.4. The molecular weight excluding hydrogens is 585 g/mol. The van der Waals surface area contributed by atoms with Crippen molar-refractivity contribution in [3.63, 3.8) is 0 Å². The van der Waals surface area contributed by atoms with Crippen molar-refractivity contribution in [2.45, 2.75) is 223 Å². The van der Waals surface area contributed by atoms with E-state index in [1.165, 1.54) is 135 Å². The van der Waals surface area contributed by atoms with Crippen molar-refractivity contribution in [2.24, 2.45) is 50.2 Å². The Bertz CT molecular complexity index is 1120. The molecule has 276 valence electrons. The average Bonchev–Trinajstić information content (AvgIpc) is 3.02. The second-order valence-electron chi connectivity index (χ2n) is 20.7. The van der Waals surface area contributed by atoms with Gasteiger partial charge in [-0.1, -0.05) is 151 Å². The highest BCUT2D eigenvalue weighted by molar-refractivity contribution is 5.69. The Morgan fingerprint density at radius 1 is 0.688 bits per heavy atom. The molecule has 4 fully saturated rings. The zero-order valence-corrected chi connectivity index (χ0v) is 33.7. The van der Waals surface area contributed by atoms with Crippen LogP contribution in [0.4, 0.5) is 0 Å². The van der Waals surface area contributed by atoms with Gasteiger partial charge in [0.2, 0.25) is 0 Å². The smallest absolute Gasteiger partial charge is 0.306 e. The minimum atomic E-state index is 0.0312. The second kappa shape index (κ2) is 15.1. The average molecular weight is 665 g/mol. The first-order valence-corrected chi connectivity index (χ1v) is 21.5. The van der Waals surface area contributed by atoms with Crippen LogP contribution in [0, 0.1) is 50.2 Å². The van der Waals surface area contributed by atoms with Gasteiger partial charge in [0.05, 0.1) is 0 Å². The monoisotopic (exact) mass is 665 g/mol. The lowest BCUT2D eigenvalue weighted by Crippen LogP contribution is -2.64. The van der Waals surface area contributed by atoms with Crippen molar-refractivity contribution < 1.29 is 9.53 Å². The minimum Gasteiger partial charge on any atom is -0.462 e. The van der Waals surface area contributed by atoms with Crippen LogP contribution in [0.25, 0.3) is 0 Å². The normalized spacial score (nSPS) is 39.7. The van der Waals surface area contributed by atoms with E-state index >= 15 is 0 Å². The molecule has 0 aromatic rings. The van der Waals surface area contributed by atoms with Crippen molar-refractivity contribution in [1.29, 1.82) is 0 Å². The number of hydrogen-bond donors (Lipinski definition) is 0.